The van der Waals surface area contributed by atoms with Gasteiger partial charge in [0.1, 0.15) is 5.75 Å². The van der Waals surface area contributed by atoms with Gasteiger partial charge in [-0.05, 0) is 30.9 Å². The fourth-order valence-corrected chi connectivity index (χ4v) is 1.83. The lowest BCUT2D eigenvalue weighted by Crippen LogP contribution is -1.89. The molecule has 68 valence electrons. The Morgan fingerprint density at radius 3 is 2.77 bits per heavy atom. The normalized spacial score (nSPS) is 15.6. The van der Waals surface area contributed by atoms with E-state index in [2.05, 4.69) is 18.2 Å². The summed E-state index contributed by atoms with van der Waals surface area (Å²) < 4.78 is 5.32. The molecule has 1 aromatic carbocycles. The van der Waals surface area contributed by atoms with Crippen molar-refractivity contribution in [1.29, 1.82) is 0 Å². The number of rotatable bonds is 2. The van der Waals surface area contributed by atoms with E-state index in [0.29, 0.717) is 0 Å². The van der Waals surface area contributed by atoms with Crippen molar-refractivity contribution in [2.24, 2.45) is 0 Å². The molecule has 0 aromatic heterocycles. The van der Waals surface area contributed by atoms with Gasteiger partial charge >= 0.3 is 0 Å². The molecule has 0 atom stereocenters. The van der Waals surface area contributed by atoms with Crippen LogP contribution < -0.4 is 4.74 Å². The third kappa shape index (κ3) is 1.59. The third-order valence-electron chi connectivity index (χ3n) is 2.49. The number of benzene rings is 1. The maximum absolute atomic E-state index is 5.32. The lowest BCUT2D eigenvalue weighted by atomic mass is 10.0. The number of hydrogen-bond acceptors (Lipinski definition) is 1. The molecule has 2 rings (SSSR count). The van der Waals surface area contributed by atoms with Gasteiger partial charge < -0.3 is 4.74 Å². The predicted octanol–water partition coefficient (Wildman–Crippen LogP) is 3.26. The number of allylic oxidation sites excluding steroid dienone is 2. The highest BCUT2D eigenvalue weighted by Crippen LogP contribution is 2.33. The van der Waals surface area contributed by atoms with Crippen LogP contribution in [0.4, 0.5) is 0 Å². The molecule has 1 heteroatoms. The van der Waals surface area contributed by atoms with Crippen LogP contribution in [0.2, 0.25) is 0 Å². The van der Waals surface area contributed by atoms with Gasteiger partial charge in [-0.1, -0.05) is 24.3 Å². The van der Waals surface area contributed by atoms with Gasteiger partial charge in [0.25, 0.3) is 0 Å². The molecule has 0 spiro atoms. The van der Waals surface area contributed by atoms with E-state index in [4.69, 9.17) is 4.74 Å². The highest BCUT2D eigenvalue weighted by Gasteiger charge is 2.10. The van der Waals surface area contributed by atoms with E-state index in [9.17, 15) is 0 Å². The van der Waals surface area contributed by atoms with Gasteiger partial charge in [-0.3, -0.25) is 0 Å². The predicted molar refractivity (Wildman–Crippen MR) is 54.8 cm³/mol. The van der Waals surface area contributed by atoms with Crippen LogP contribution in [0, 0.1) is 0 Å². The highest BCUT2D eigenvalue weighted by atomic mass is 16.5. The zero-order valence-corrected chi connectivity index (χ0v) is 7.92. The van der Waals surface area contributed by atoms with Gasteiger partial charge in [-0.25, -0.2) is 0 Å². The molecule has 1 aliphatic carbocycles. The summed E-state index contributed by atoms with van der Waals surface area (Å²) in [5.74, 6) is 0.996. The number of para-hydroxylation sites is 1. The molecule has 0 amide bonds. The Kier molecular flexibility index (Phi) is 2.35. The van der Waals surface area contributed by atoms with Crippen LogP contribution in [-0.2, 0) is 0 Å². The first kappa shape index (κ1) is 8.36. The van der Waals surface area contributed by atoms with Crippen LogP contribution >= 0.6 is 0 Å². The third-order valence-corrected chi connectivity index (χ3v) is 2.49. The minimum Gasteiger partial charge on any atom is -0.496 e. The van der Waals surface area contributed by atoms with Crippen LogP contribution in [-0.4, -0.2) is 7.11 Å². The fourth-order valence-electron chi connectivity index (χ4n) is 1.83. The van der Waals surface area contributed by atoms with Crippen LogP contribution in [0.3, 0.4) is 0 Å². The summed E-state index contributed by atoms with van der Waals surface area (Å²) in [6.45, 7) is 0. The first-order valence-electron chi connectivity index (χ1n) is 4.74. The van der Waals surface area contributed by atoms with Crippen LogP contribution in [0.25, 0.3) is 5.57 Å². The molecule has 1 nitrogen and oxygen atoms in total. The van der Waals surface area contributed by atoms with E-state index in [1.54, 1.807) is 7.11 Å². The second-order valence-corrected chi connectivity index (χ2v) is 3.32. The Hall–Kier alpha value is -1.24. The first-order valence-corrected chi connectivity index (χ1v) is 4.74. The lowest BCUT2D eigenvalue weighted by Gasteiger charge is -2.08. The van der Waals surface area contributed by atoms with Crippen molar-refractivity contribution < 1.29 is 4.74 Å². The molecule has 0 saturated heterocycles. The maximum atomic E-state index is 5.32. The molecule has 1 aromatic rings. The van der Waals surface area contributed by atoms with Crippen molar-refractivity contribution in [3.05, 3.63) is 35.9 Å². The number of hydrogen-bond donors (Lipinski definition) is 0. The average molecular weight is 174 g/mol. The maximum Gasteiger partial charge on any atom is 0.126 e. The molecule has 0 N–H and O–H groups in total. The van der Waals surface area contributed by atoms with Gasteiger partial charge in [0.2, 0.25) is 0 Å². The summed E-state index contributed by atoms with van der Waals surface area (Å²) in [6, 6.07) is 8.24. The van der Waals surface area contributed by atoms with Gasteiger partial charge in [0.05, 0.1) is 7.11 Å². The summed E-state index contributed by atoms with van der Waals surface area (Å²) >= 11 is 0. The molecule has 0 radical (unpaired) electrons. The molecular formula is C12H14O. The summed E-state index contributed by atoms with van der Waals surface area (Å²) in [7, 11) is 1.73. The molecule has 0 heterocycles. The molecule has 0 saturated carbocycles. The molecule has 13 heavy (non-hydrogen) atoms. The van der Waals surface area contributed by atoms with Crippen molar-refractivity contribution >= 4 is 5.57 Å². The van der Waals surface area contributed by atoms with Crippen molar-refractivity contribution in [2.75, 3.05) is 7.11 Å². The first-order chi connectivity index (χ1) is 6.42. The van der Waals surface area contributed by atoms with Gasteiger partial charge in [0, 0.05) is 5.56 Å². The van der Waals surface area contributed by atoms with Crippen LogP contribution in [0.5, 0.6) is 5.75 Å². The lowest BCUT2D eigenvalue weighted by molar-refractivity contribution is 0.413. The van der Waals surface area contributed by atoms with Crippen LogP contribution in [0.1, 0.15) is 24.8 Å². The Morgan fingerprint density at radius 1 is 1.23 bits per heavy atom. The monoisotopic (exact) mass is 174 g/mol. The van der Waals surface area contributed by atoms with E-state index < -0.39 is 0 Å². The molecule has 1 aliphatic rings. The van der Waals surface area contributed by atoms with E-state index in [1.807, 2.05) is 12.1 Å². The topological polar surface area (TPSA) is 9.23 Å². The van der Waals surface area contributed by atoms with Crippen molar-refractivity contribution in [3.63, 3.8) is 0 Å². The highest BCUT2D eigenvalue weighted by molar-refractivity contribution is 5.71. The van der Waals surface area contributed by atoms with Crippen molar-refractivity contribution in [3.8, 4) is 5.75 Å². The molecule has 0 fully saturated rings. The Balaban J connectivity index is 2.38. The second-order valence-electron chi connectivity index (χ2n) is 3.32. The largest absolute Gasteiger partial charge is 0.496 e. The molecule has 0 aliphatic heterocycles. The number of methoxy groups -OCH3 is 1. The van der Waals surface area contributed by atoms with Gasteiger partial charge in [-0.2, -0.15) is 0 Å². The zero-order chi connectivity index (χ0) is 9.10. The average Bonchev–Trinajstić information content (AvgIpc) is 2.70. The smallest absolute Gasteiger partial charge is 0.126 e. The fraction of sp³-hybridized carbons (Fsp3) is 0.333. The van der Waals surface area contributed by atoms with Crippen LogP contribution in [0.15, 0.2) is 30.3 Å². The summed E-state index contributed by atoms with van der Waals surface area (Å²) in [6.07, 6.45) is 6.01. The van der Waals surface area contributed by atoms with Gasteiger partial charge in [0.15, 0.2) is 0 Å². The van der Waals surface area contributed by atoms with E-state index in [1.165, 1.54) is 30.4 Å². The number of ether oxygens (including phenoxy) is 1. The van der Waals surface area contributed by atoms with E-state index in [0.717, 1.165) is 5.75 Å². The Labute approximate surface area is 79.0 Å². The second kappa shape index (κ2) is 3.65. The standard InChI is InChI=1S/C12H14O/c1-13-12-9-5-4-8-11(12)10-6-2-3-7-10/h4-6,8-9H,2-3,7H2,1H3. The SMILES string of the molecule is COc1ccccc1C1=CCCC1. The summed E-state index contributed by atoms with van der Waals surface area (Å²) in [5, 5.41) is 0. The Bertz CT molecular complexity index is 326. The minimum atomic E-state index is 0.996. The van der Waals surface area contributed by atoms with Crippen molar-refractivity contribution in [1.82, 2.24) is 0 Å². The summed E-state index contributed by atoms with van der Waals surface area (Å²) in [4.78, 5) is 0. The quantitative estimate of drug-likeness (QED) is 0.668. The van der Waals surface area contributed by atoms with Gasteiger partial charge in [-0.15, -0.1) is 0 Å². The van der Waals surface area contributed by atoms with E-state index in [-0.39, 0.29) is 0 Å². The molecule has 0 unspecified atom stereocenters. The zero-order valence-electron chi connectivity index (χ0n) is 7.92. The Morgan fingerprint density at radius 2 is 2.08 bits per heavy atom. The summed E-state index contributed by atoms with van der Waals surface area (Å²) in [5.41, 5.74) is 2.71. The molecular weight excluding hydrogens is 160 g/mol. The van der Waals surface area contributed by atoms with E-state index >= 15 is 0 Å². The van der Waals surface area contributed by atoms with Crippen molar-refractivity contribution in [2.45, 2.75) is 19.3 Å². The molecule has 0 bridgehead atoms. The minimum absolute atomic E-state index is 0.996.